The molecule has 0 spiro atoms. The zero-order valence-electron chi connectivity index (χ0n) is 13.8. The van der Waals surface area contributed by atoms with E-state index >= 15 is 0 Å². The number of ether oxygens (including phenoxy) is 1. The van der Waals surface area contributed by atoms with Crippen molar-refractivity contribution in [3.63, 3.8) is 0 Å². The topological polar surface area (TPSA) is 56.3 Å². The first-order chi connectivity index (χ1) is 13.1. The van der Waals surface area contributed by atoms with Gasteiger partial charge in [0.15, 0.2) is 6.61 Å². The van der Waals surface area contributed by atoms with E-state index in [4.69, 9.17) is 4.74 Å². The fourth-order valence-corrected chi connectivity index (χ4v) is 4.43. The minimum absolute atomic E-state index is 0.0911. The Hall–Kier alpha value is -2.90. The molecule has 27 heavy (non-hydrogen) atoms. The monoisotopic (exact) mass is 397 g/mol. The number of para-hydroxylation sites is 1. The average molecular weight is 397 g/mol. The molecule has 0 aliphatic carbocycles. The van der Waals surface area contributed by atoms with E-state index in [0.29, 0.717) is 4.88 Å². The molecule has 134 valence electrons. The lowest BCUT2D eigenvalue weighted by Crippen LogP contribution is -2.14. The highest BCUT2D eigenvalue weighted by molar-refractivity contribution is 7.26. The van der Waals surface area contributed by atoms with Crippen molar-refractivity contribution in [2.45, 2.75) is 0 Å². The summed E-state index contributed by atoms with van der Waals surface area (Å²) >= 11 is 2.79. The highest BCUT2D eigenvalue weighted by atomic mass is 32.1. The Morgan fingerprint density at radius 3 is 2.56 bits per heavy atom. The van der Waals surface area contributed by atoms with Crippen LogP contribution < -0.4 is 0 Å². The Labute approximate surface area is 161 Å². The normalized spacial score (nSPS) is 10.9. The molecule has 0 fully saturated rings. The van der Waals surface area contributed by atoms with E-state index in [1.807, 2.05) is 24.3 Å². The number of benzene rings is 2. The summed E-state index contributed by atoms with van der Waals surface area (Å²) in [6.45, 7) is -0.506. The molecule has 4 aromatic rings. The maximum absolute atomic E-state index is 13.6. The number of thiazole rings is 1. The second-order valence-corrected chi connectivity index (χ2v) is 7.74. The highest BCUT2D eigenvalue weighted by Crippen LogP contribution is 2.34. The van der Waals surface area contributed by atoms with E-state index in [9.17, 15) is 14.0 Å². The minimum atomic E-state index is -0.632. The number of carbonyl (C=O) groups is 2. The van der Waals surface area contributed by atoms with Crippen molar-refractivity contribution in [3.8, 4) is 9.88 Å². The fourth-order valence-electron chi connectivity index (χ4n) is 2.51. The SMILES string of the molecule is O=C(OCC(=O)c1ccccc1F)c1ccc(-c2nc3ccccc3s2)s1. The Balaban J connectivity index is 1.46. The summed E-state index contributed by atoms with van der Waals surface area (Å²) in [5, 5.41) is 0.822. The van der Waals surface area contributed by atoms with Crippen LogP contribution in [0.2, 0.25) is 0 Å². The maximum atomic E-state index is 13.6. The second kappa shape index (κ2) is 7.38. The summed E-state index contributed by atoms with van der Waals surface area (Å²) < 4.78 is 19.7. The molecule has 0 radical (unpaired) electrons. The van der Waals surface area contributed by atoms with Crippen molar-refractivity contribution in [1.82, 2.24) is 4.98 Å². The smallest absolute Gasteiger partial charge is 0.348 e. The highest BCUT2D eigenvalue weighted by Gasteiger charge is 2.17. The van der Waals surface area contributed by atoms with E-state index in [0.717, 1.165) is 20.1 Å². The molecular weight excluding hydrogens is 385 g/mol. The number of esters is 1. The van der Waals surface area contributed by atoms with Crippen molar-refractivity contribution < 1.29 is 18.7 Å². The van der Waals surface area contributed by atoms with Crippen molar-refractivity contribution in [1.29, 1.82) is 0 Å². The molecule has 0 atom stereocenters. The number of hydrogen-bond acceptors (Lipinski definition) is 6. The van der Waals surface area contributed by atoms with Gasteiger partial charge in [-0.15, -0.1) is 22.7 Å². The number of hydrogen-bond donors (Lipinski definition) is 0. The van der Waals surface area contributed by atoms with Crippen LogP contribution in [0.25, 0.3) is 20.1 Å². The first-order valence-electron chi connectivity index (χ1n) is 8.02. The van der Waals surface area contributed by atoms with Gasteiger partial charge in [-0.25, -0.2) is 14.2 Å². The van der Waals surface area contributed by atoms with Gasteiger partial charge in [-0.3, -0.25) is 4.79 Å². The van der Waals surface area contributed by atoms with Gasteiger partial charge in [-0.2, -0.15) is 0 Å². The van der Waals surface area contributed by atoms with Gasteiger partial charge in [0.1, 0.15) is 15.7 Å². The molecule has 0 aliphatic rings. The summed E-state index contributed by atoms with van der Waals surface area (Å²) in [7, 11) is 0. The van der Waals surface area contributed by atoms with Crippen LogP contribution >= 0.6 is 22.7 Å². The van der Waals surface area contributed by atoms with Crippen molar-refractivity contribution in [3.05, 3.63) is 76.9 Å². The van der Waals surface area contributed by atoms with Gasteiger partial charge in [0.05, 0.1) is 20.7 Å². The summed E-state index contributed by atoms with van der Waals surface area (Å²) in [4.78, 5) is 30.0. The standard InChI is InChI=1S/C20H12FNO3S2/c21-13-6-2-1-5-12(13)15(23)11-25-20(24)18-10-9-17(26-18)19-22-14-7-3-4-8-16(14)27-19/h1-10H,11H2. The molecule has 0 saturated carbocycles. The zero-order chi connectivity index (χ0) is 18.8. The predicted molar refractivity (Wildman–Crippen MR) is 104 cm³/mol. The zero-order valence-corrected chi connectivity index (χ0v) is 15.5. The van der Waals surface area contributed by atoms with Crippen LogP contribution in [-0.4, -0.2) is 23.3 Å². The van der Waals surface area contributed by atoms with Gasteiger partial charge >= 0.3 is 5.97 Å². The molecule has 4 nitrogen and oxygen atoms in total. The van der Waals surface area contributed by atoms with E-state index in [1.165, 1.54) is 29.5 Å². The number of thiophene rings is 1. The first kappa shape index (κ1) is 17.5. The van der Waals surface area contributed by atoms with E-state index in [-0.39, 0.29) is 5.56 Å². The molecule has 4 rings (SSSR count). The van der Waals surface area contributed by atoms with Crippen LogP contribution in [-0.2, 0) is 4.74 Å². The quantitative estimate of drug-likeness (QED) is 0.343. The van der Waals surface area contributed by atoms with Gasteiger partial charge in [0, 0.05) is 0 Å². The largest absolute Gasteiger partial charge is 0.453 e. The van der Waals surface area contributed by atoms with Crippen molar-refractivity contribution >= 4 is 44.6 Å². The van der Waals surface area contributed by atoms with Gasteiger partial charge in [-0.05, 0) is 36.4 Å². The van der Waals surface area contributed by atoms with Crippen LogP contribution in [0.15, 0.2) is 60.7 Å². The lowest BCUT2D eigenvalue weighted by Gasteiger charge is -2.03. The average Bonchev–Trinajstić information content (AvgIpc) is 3.33. The molecule has 0 bridgehead atoms. The number of Topliss-reactive ketones (excluding diaryl/α,β-unsaturated/α-hetero) is 1. The predicted octanol–water partition coefficient (Wildman–Crippen LogP) is 5.20. The third kappa shape index (κ3) is 3.65. The van der Waals surface area contributed by atoms with Gasteiger partial charge in [0.25, 0.3) is 0 Å². The number of rotatable bonds is 5. The molecule has 2 aromatic carbocycles. The van der Waals surface area contributed by atoms with E-state index < -0.39 is 24.2 Å². The second-order valence-electron chi connectivity index (χ2n) is 5.63. The Kier molecular flexibility index (Phi) is 4.79. The molecule has 0 saturated heterocycles. The maximum Gasteiger partial charge on any atom is 0.348 e. The number of nitrogens with zero attached hydrogens (tertiary/aromatic N) is 1. The van der Waals surface area contributed by atoms with Crippen molar-refractivity contribution in [2.75, 3.05) is 6.61 Å². The number of carbonyl (C=O) groups excluding carboxylic acids is 2. The van der Waals surface area contributed by atoms with Crippen molar-refractivity contribution in [2.24, 2.45) is 0 Å². The van der Waals surface area contributed by atoms with E-state index in [1.54, 1.807) is 29.5 Å². The van der Waals surface area contributed by atoms with Crippen LogP contribution in [0.4, 0.5) is 4.39 Å². The number of fused-ring (bicyclic) bond motifs is 1. The minimum Gasteiger partial charge on any atom is -0.453 e. The molecule has 2 aromatic heterocycles. The summed E-state index contributed by atoms with van der Waals surface area (Å²) in [6.07, 6.45) is 0. The number of aromatic nitrogens is 1. The summed E-state index contributed by atoms with van der Waals surface area (Å²) in [6, 6.07) is 16.9. The lowest BCUT2D eigenvalue weighted by molar-refractivity contribution is 0.0478. The molecule has 2 heterocycles. The third-order valence-corrected chi connectivity index (χ3v) is 6.09. The number of ketones is 1. The van der Waals surface area contributed by atoms with Gasteiger partial charge in [-0.1, -0.05) is 24.3 Å². The Bertz CT molecular complexity index is 1120. The molecule has 0 aliphatic heterocycles. The molecule has 0 N–H and O–H groups in total. The third-order valence-electron chi connectivity index (χ3n) is 3.82. The summed E-state index contributed by atoms with van der Waals surface area (Å²) in [5.41, 5.74) is 0.817. The van der Waals surface area contributed by atoms with Crippen LogP contribution in [0.5, 0.6) is 0 Å². The molecule has 7 heteroatoms. The van der Waals surface area contributed by atoms with Crippen LogP contribution in [0, 0.1) is 5.82 Å². The molecule has 0 amide bonds. The van der Waals surface area contributed by atoms with Crippen LogP contribution in [0.3, 0.4) is 0 Å². The van der Waals surface area contributed by atoms with Crippen LogP contribution in [0.1, 0.15) is 20.0 Å². The van der Waals surface area contributed by atoms with E-state index in [2.05, 4.69) is 4.98 Å². The summed E-state index contributed by atoms with van der Waals surface area (Å²) in [5.74, 6) is -1.82. The van der Waals surface area contributed by atoms with Gasteiger partial charge in [0.2, 0.25) is 5.78 Å². The Morgan fingerprint density at radius 2 is 1.74 bits per heavy atom. The molecule has 0 unspecified atom stereocenters. The number of halogens is 1. The van der Waals surface area contributed by atoms with Gasteiger partial charge < -0.3 is 4.74 Å². The molecular formula is C20H12FNO3S2. The fraction of sp³-hybridized carbons (Fsp3) is 0.0500. The lowest BCUT2D eigenvalue weighted by atomic mass is 10.1. The first-order valence-corrected chi connectivity index (χ1v) is 9.66. The Morgan fingerprint density at radius 1 is 0.963 bits per heavy atom.